The van der Waals surface area contributed by atoms with E-state index in [2.05, 4.69) is 20.7 Å². The fourth-order valence-electron chi connectivity index (χ4n) is 5.26. The lowest BCUT2D eigenvalue weighted by Gasteiger charge is -2.14. The molecule has 0 aliphatic rings. The van der Waals surface area contributed by atoms with Crippen LogP contribution in [0.4, 0.5) is 17.3 Å². The first kappa shape index (κ1) is 39.8. The minimum absolute atomic E-state index is 0.00617. The molecule has 3 amide bonds. The molecule has 4 aromatic rings. The predicted octanol–water partition coefficient (Wildman–Crippen LogP) is 1.47. The second-order valence-electron chi connectivity index (χ2n) is 11.6. The third kappa shape index (κ3) is 9.68. The number of hydrogen-bond donors (Lipinski definition) is 7. The monoisotopic (exact) mass is 745 g/mol. The van der Waals surface area contributed by atoms with Crippen molar-refractivity contribution in [3.63, 3.8) is 0 Å². The lowest BCUT2D eigenvalue weighted by molar-refractivity contribution is -0.384. The van der Waals surface area contributed by atoms with Crippen molar-refractivity contribution in [1.29, 1.82) is 0 Å². The van der Waals surface area contributed by atoms with Gasteiger partial charge in [-0.25, -0.2) is 10.8 Å². The minimum Gasteiger partial charge on any atom is -0.494 e. The molecule has 2 heterocycles. The number of aryl methyl sites for hydroxylation is 2. The number of methoxy groups -OCH3 is 1. The molecule has 4 rings (SSSR count). The predicted molar refractivity (Wildman–Crippen MR) is 201 cm³/mol. The third-order valence-electron chi connectivity index (χ3n) is 7.77. The number of allylic oxidation sites excluding steroid dienone is 1. The number of anilines is 2. The molecule has 0 fully saturated rings. The number of nitro groups is 1. The number of ether oxygens (including phenoxy) is 2. The molecule has 54 heavy (non-hydrogen) atoms. The second-order valence-corrected chi connectivity index (χ2v) is 11.6. The fourth-order valence-corrected chi connectivity index (χ4v) is 5.26. The van der Waals surface area contributed by atoms with Crippen molar-refractivity contribution < 1.29 is 28.8 Å². The van der Waals surface area contributed by atoms with Gasteiger partial charge >= 0.3 is 0 Å². The van der Waals surface area contributed by atoms with Crippen LogP contribution in [0.2, 0.25) is 0 Å². The van der Waals surface area contributed by atoms with Gasteiger partial charge in [-0.05, 0) is 44.2 Å². The van der Waals surface area contributed by atoms with E-state index in [0.29, 0.717) is 34.7 Å². The number of nitrogens with two attached hydrogens (primary N) is 5. The Hall–Kier alpha value is -6.93. The quantitative estimate of drug-likeness (QED) is 0.0309. The zero-order valence-corrected chi connectivity index (χ0v) is 29.9. The number of primary amides is 2. The number of nitrogens with one attached hydrogen (secondary N) is 2. The Morgan fingerprint density at radius 2 is 1.72 bits per heavy atom. The summed E-state index contributed by atoms with van der Waals surface area (Å²) in [5.41, 5.74) is 23.9. The largest absolute Gasteiger partial charge is 0.494 e. The van der Waals surface area contributed by atoms with Gasteiger partial charge in [-0.15, -0.1) is 0 Å². The van der Waals surface area contributed by atoms with Crippen LogP contribution < -0.4 is 48.9 Å². The van der Waals surface area contributed by atoms with Gasteiger partial charge in [0, 0.05) is 55.3 Å². The molecule has 0 bridgehead atoms. The average molecular weight is 746 g/mol. The standard InChI is InChI=1S/C34H43N13O7/c1-4-46-26(13-20(2)43-46)33(50)42-34-41-24-14-21(31(37)48)17-28(53-3)30(24)45(34)11-6-5-9-40-29-25(47(51)52)15-22(32(38)49)16-27(29)54-12-8-7-10-44(39)19-23(36)18-35/h5-8,13-17,19,40H,4,9-12,18,35-36,39H2,1-3H3,(H2,37,48)(H2,38,49)(H,41,42,50)/b6-5+,8-7+,23-19-. The summed E-state index contributed by atoms with van der Waals surface area (Å²) < 4.78 is 14.6. The van der Waals surface area contributed by atoms with Crippen LogP contribution in [-0.4, -0.2) is 80.3 Å². The van der Waals surface area contributed by atoms with E-state index in [4.69, 9.17) is 38.3 Å². The van der Waals surface area contributed by atoms with E-state index >= 15 is 0 Å². The maximum Gasteiger partial charge on any atom is 0.296 e. The average Bonchev–Trinajstić information content (AvgIpc) is 3.69. The first-order valence-electron chi connectivity index (χ1n) is 16.5. The number of nitro benzene ring substituents is 1. The molecule has 0 aliphatic carbocycles. The first-order valence-corrected chi connectivity index (χ1v) is 16.5. The van der Waals surface area contributed by atoms with Gasteiger partial charge in [0.15, 0.2) is 11.4 Å². The highest BCUT2D eigenvalue weighted by atomic mass is 16.6. The van der Waals surface area contributed by atoms with Crippen LogP contribution in [0.5, 0.6) is 11.5 Å². The third-order valence-corrected chi connectivity index (χ3v) is 7.77. The van der Waals surface area contributed by atoms with Gasteiger partial charge in [0.05, 0.1) is 29.8 Å². The van der Waals surface area contributed by atoms with Crippen LogP contribution in [0.25, 0.3) is 11.0 Å². The van der Waals surface area contributed by atoms with Gasteiger partial charge in [-0.1, -0.05) is 18.2 Å². The Labute approximate surface area is 309 Å². The number of nitrogens with zero attached hydrogens (tertiary/aromatic N) is 6. The summed E-state index contributed by atoms with van der Waals surface area (Å²) in [7, 11) is 1.42. The van der Waals surface area contributed by atoms with Gasteiger partial charge in [0.25, 0.3) is 11.6 Å². The normalized spacial score (nSPS) is 11.7. The van der Waals surface area contributed by atoms with Crippen molar-refractivity contribution in [3.8, 4) is 11.5 Å². The Morgan fingerprint density at radius 3 is 2.37 bits per heavy atom. The Bertz CT molecular complexity index is 2140. The highest BCUT2D eigenvalue weighted by Crippen LogP contribution is 2.36. The summed E-state index contributed by atoms with van der Waals surface area (Å²) in [6, 6.07) is 6.98. The molecule has 0 saturated heterocycles. The molecule has 20 heteroatoms. The molecule has 286 valence electrons. The zero-order valence-electron chi connectivity index (χ0n) is 29.9. The molecule has 0 spiro atoms. The number of carbonyl (C=O) groups is 3. The van der Waals surface area contributed by atoms with Crippen LogP contribution in [-0.2, 0) is 13.1 Å². The van der Waals surface area contributed by atoms with E-state index < -0.39 is 28.3 Å². The summed E-state index contributed by atoms with van der Waals surface area (Å²) in [6.45, 7) is 4.66. The van der Waals surface area contributed by atoms with Gasteiger partial charge < -0.3 is 47.3 Å². The van der Waals surface area contributed by atoms with Crippen molar-refractivity contribution in [3.05, 3.63) is 99.2 Å². The summed E-state index contributed by atoms with van der Waals surface area (Å²) in [5, 5.41) is 23.5. The van der Waals surface area contributed by atoms with E-state index in [0.717, 1.165) is 6.07 Å². The summed E-state index contributed by atoms with van der Waals surface area (Å²) in [4.78, 5) is 53.4. The molecule has 20 nitrogen and oxygen atoms in total. The maximum atomic E-state index is 13.4. The van der Waals surface area contributed by atoms with Gasteiger partial charge in [0.2, 0.25) is 17.8 Å². The lowest BCUT2D eigenvalue weighted by Crippen LogP contribution is -2.28. The maximum absolute atomic E-state index is 13.4. The number of hydrazine groups is 1. The summed E-state index contributed by atoms with van der Waals surface area (Å²) >= 11 is 0. The smallest absolute Gasteiger partial charge is 0.296 e. The molecule has 0 saturated carbocycles. The SMILES string of the molecule is CCn1nc(C)cc1C(=O)Nc1nc2cc(C(N)=O)cc(OC)c2n1C/C=C/CNc1c(OC/C=C/CN(N)/C=C(\N)CN)cc(C(N)=O)cc1[N+](=O)[O-]. The Kier molecular flexibility index (Phi) is 13.3. The summed E-state index contributed by atoms with van der Waals surface area (Å²) in [5.74, 6) is 4.25. The van der Waals surface area contributed by atoms with Gasteiger partial charge in [-0.2, -0.15) is 5.10 Å². The summed E-state index contributed by atoms with van der Waals surface area (Å²) in [6.07, 6.45) is 8.20. The molecular formula is C34H43N13O7. The number of benzene rings is 2. The Morgan fingerprint density at radius 1 is 1.02 bits per heavy atom. The second kappa shape index (κ2) is 18.0. The van der Waals surface area contributed by atoms with E-state index in [1.807, 2.05) is 6.92 Å². The highest BCUT2D eigenvalue weighted by molar-refractivity contribution is 6.04. The molecule has 0 aliphatic heterocycles. The van der Waals surface area contributed by atoms with Crippen molar-refractivity contribution >= 4 is 46.1 Å². The number of fused-ring (bicyclic) bond motifs is 1. The Balaban J connectivity index is 1.60. The van der Waals surface area contributed by atoms with Crippen molar-refractivity contribution in [1.82, 2.24) is 24.3 Å². The topological polar surface area (TPSA) is 306 Å². The van der Waals surface area contributed by atoms with Crippen LogP contribution >= 0.6 is 0 Å². The zero-order chi connectivity index (χ0) is 39.5. The molecule has 2 aromatic heterocycles. The minimum atomic E-state index is -0.879. The van der Waals surface area contributed by atoms with Crippen molar-refractivity contribution in [2.45, 2.75) is 26.9 Å². The van der Waals surface area contributed by atoms with E-state index in [9.17, 15) is 24.5 Å². The number of amides is 3. The molecular weight excluding hydrogens is 702 g/mol. The number of aromatic nitrogens is 4. The molecule has 0 unspecified atom stereocenters. The van der Waals surface area contributed by atoms with Gasteiger partial charge in [0.1, 0.15) is 23.6 Å². The van der Waals surface area contributed by atoms with E-state index in [1.54, 1.807) is 46.5 Å². The number of hydrogen-bond acceptors (Lipinski definition) is 14. The van der Waals surface area contributed by atoms with Crippen molar-refractivity contribution in [2.24, 2.45) is 28.8 Å². The lowest BCUT2D eigenvalue weighted by atomic mass is 10.1. The first-order chi connectivity index (χ1) is 25.8. The van der Waals surface area contributed by atoms with Crippen molar-refractivity contribution in [2.75, 3.05) is 44.0 Å². The van der Waals surface area contributed by atoms with Gasteiger partial charge in [-0.3, -0.25) is 34.5 Å². The van der Waals surface area contributed by atoms with Crippen LogP contribution in [0.3, 0.4) is 0 Å². The van der Waals surface area contributed by atoms with E-state index in [-0.39, 0.29) is 67.0 Å². The van der Waals surface area contributed by atoms with Crippen LogP contribution in [0, 0.1) is 17.0 Å². The molecule has 0 radical (unpaired) electrons. The van der Waals surface area contributed by atoms with E-state index in [1.165, 1.54) is 36.5 Å². The number of rotatable bonds is 19. The number of carbonyl (C=O) groups excluding carboxylic acids is 3. The fraction of sp³-hybridized carbons (Fsp3) is 0.265. The molecule has 12 N–H and O–H groups in total. The van der Waals surface area contributed by atoms with Crippen LogP contribution in [0.15, 0.2) is 66.5 Å². The van der Waals surface area contributed by atoms with Crippen LogP contribution in [0.1, 0.15) is 43.8 Å². The highest BCUT2D eigenvalue weighted by Gasteiger charge is 2.23. The molecule has 0 atom stereocenters. The number of imidazole rings is 1. The molecule has 2 aromatic carbocycles.